The van der Waals surface area contributed by atoms with E-state index in [2.05, 4.69) is 0 Å². The first kappa shape index (κ1) is 15.0. The topological polar surface area (TPSA) is 20.3 Å². The van der Waals surface area contributed by atoms with E-state index >= 15 is 0 Å². The molecule has 0 heterocycles. The largest absolute Gasteiger partial charge is 0.311 e. The maximum atomic E-state index is 13.0. The van der Waals surface area contributed by atoms with Gasteiger partial charge < -0.3 is 4.90 Å². The fraction of sp³-hybridized carbons (Fsp3) is 0.0952. The number of benzene rings is 3. The summed E-state index contributed by atoms with van der Waals surface area (Å²) in [6.07, 6.45) is 0. The molecule has 0 aliphatic rings. The predicted octanol–water partition coefficient (Wildman–Crippen LogP) is 4.94. The Bertz CT molecular complexity index is 824. The zero-order valence-electron chi connectivity index (χ0n) is 13.4. The van der Waals surface area contributed by atoms with E-state index in [-0.39, 0.29) is 5.91 Å². The minimum Gasteiger partial charge on any atom is -0.311 e. The Morgan fingerprint density at radius 1 is 0.826 bits per heavy atom. The molecule has 23 heavy (non-hydrogen) atoms. The number of nitrogens with zero attached hydrogens (tertiary/aromatic N) is 1. The molecule has 2 heteroatoms. The summed E-state index contributed by atoms with van der Waals surface area (Å²) in [5.74, 6) is -0.00458. The molecule has 0 spiro atoms. The highest BCUT2D eigenvalue weighted by Crippen LogP contribution is 2.26. The second-order valence-corrected chi connectivity index (χ2v) is 5.61. The van der Waals surface area contributed by atoms with E-state index < -0.39 is 0 Å². The summed E-state index contributed by atoms with van der Waals surface area (Å²) in [5.41, 5.74) is 4.76. The molecule has 0 N–H and O–H groups in total. The molecular weight excluding hydrogens is 282 g/mol. The average molecular weight is 301 g/mol. The third-order valence-electron chi connectivity index (χ3n) is 3.94. The highest BCUT2D eigenvalue weighted by atomic mass is 16.2. The van der Waals surface area contributed by atoms with Crippen molar-refractivity contribution < 1.29 is 4.79 Å². The van der Waals surface area contributed by atoms with Crippen LogP contribution in [0.1, 0.15) is 15.9 Å². The quantitative estimate of drug-likeness (QED) is 0.671. The first-order valence-electron chi connectivity index (χ1n) is 7.66. The second-order valence-electron chi connectivity index (χ2n) is 5.61. The molecule has 3 rings (SSSR count). The lowest BCUT2D eigenvalue weighted by Gasteiger charge is -2.19. The fourth-order valence-electron chi connectivity index (χ4n) is 2.67. The number of rotatable bonds is 3. The first-order valence-corrected chi connectivity index (χ1v) is 7.66. The van der Waals surface area contributed by atoms with Crippen LogP contribution in [0.15, 0.2) is 78.9 Å². The maximum absolute atomic E-state index is 13.0. The van der Waals surface area contributed by atoms with E-state index in [1.807, 2.05) is 92.8 Å². The zero-order valence-corrected chi connectivity index (χ0v) is 13.4. The Morgan fingerprint density at radius 3 is 2.26 bits per heavy atom. The molecule has 114 valence electrons. The molecule has 1 amide bonds. The van der Waals surface area contributed by atoms with Crippen LogP contribution in [0, 0.1) is 6.92 Å². The van der Waals surface area contributed by atoms with E-state index in [0.717, 1.165) is 22.4 Å². The molecule has 2 nitrogen and oxygen atoms in total. The average Bonchev–Trinajstić information content (AvgIpc) is 2.61. The lowest BCUT2D eigenvalue weighted by Crippen LogP contribution is -2.26. The monoisotopic (exact) mass is 301 g/mol. The molecule has 3 aromatic carbocycles. The van der Waals surface area contributed by atoms with E-state index in [9.17, 15) is 4.79 Å². The SMILES string of the molecule is Cc1cccc(N(C)C(=O)c2ccccc2-c2ccccc2)c1. The number of carbonyl (C=O) groups is 1. The van der Waals surface area contributed by atoms with Crippen molar-refractivity contribution in [2.45, 2.75) is 6.92 Å². The normalized spacial score (nSPS) is 10.3. The van der Waals surface area contributed by atoms with Crippen LogP contribution >= 0.6 is 0 Å². The Hall–Kier alpha value is -2.87. The van der Waals surface area contributed by atoms with Gasteiger partial charge in [-0.15, -0.1) is 0 Å². The van der Waals surface area contributed by atoms with Gasteiger partial charge in [-0.1, -0.05) is 60.7 Å². The van der Waals surface area contributed by atoms with Gasteiger partial charge in [0.2, 0.25) is 0 Å². The van der Waals surface area contributed by atoms with Crippen molar-refractivity contribution in [2.75, 3.05) is 11.9 Å². The summed E-state index contributed by atoms with van der Waals surface area (Å²) < 4.78 is 0. The summed E-state index contributed by atoms with van der Waals surface area (Å²) in [5, 5.41) is 0. The van der Waals surface area contributed by atoms with Crippen LogP contribution < -0.4 is 4.90 Å². The summed E-state index contributed by atoms with van der Waals surface area (Å²) in [4.78, 5) is 14.7. The van der Waals surface area contributed by atoms with Crippen LogP contribution in [0.2, 0.25) is 0 Å². The van der Waals surface area contributed by atoms with Gasteiger partial charge in [-0.2, -0.15) is 0 Å². The van der Waals surface area contributed by atoms with E-state index in [1.165, 1.54) is 0 Å². The van der Waals surface area contributed by atoms with Crippen LogP contribution in [0.25, 0.3) is 11.1 Å². The van der Waals surface area contributed by atoms with Crippen molar-refractivity contribution in [2.24, 2.45) is 0 Å². The van der Waals surface area contributed by atoms with Crippen molar-refractivity contribution in [1.82, 2.24) is 0 Å². The second kappa shape index (κ2) is 6.49. The molecular formula is C21H19NO. The Labute approximate surface area is 137 Å². The summed E-state index contributed by atoms with van der Waals surface area (Å²) >= 11 is 0. The van der Waals surface area contributed by atoms with E-state index in [4.69, 9.17) is 0 Å². The maximum Gasteiger partial charge on any atom is 0.258 e. The van der Waals surface area contributed by atoms with Crippen molar-refractivity contribution in [3.63, 3.8) is 0 Å². The van der Waals surface area contributed by atoms with Gasteiger partial charge in [-0.05, 0) is 41.8 Å². The van der Waals surface area contributed by atoms with E-state index in [1.54, 1.807) is 4.90 Å². The molecule has 0 saturated carbocycles. The van der Waals surface area contributed by atoms with Crippen molar-refractivity contribution in [3.8, 4) is 11.1 Å². The Kier molecular flexibility index (Phi) is 4.24. The van der Waals surface area contributed by atoms with Gasteiger partial charge in [0.05, 0.1) is 0 Å². The number of hydrogen-bond donors (Lipinski definition) is 0. The molecule has 0 aliphatic heterocycles. The smallest absolute Gasteiger partial charge is 0.258 e. The first-order chi connectivity index (χ1) is 11.2. The van der Waals surface area contributed by atoms with Crippen LogP contribution in [-0.4, -0.2) is 13.0 Å². The molecule has 0 saturated heterocycles. The minimum absolute atomic E-state index is 0.00458. The molecule has 3 aromatic rings. The highest BCUT2D eigenvalue weighted by Gasteiger charge is 2.17. The van der Waals surface area contributed by atoms with Gasteiger partial charge in [0.15, 0.2) is 0 Å². The van der Waals surface area contributed by atoms with Crippen LogP contribution in [0.3, 0.4) is 0 Å². The van der Waals surface area contributed by atoms with Gasteiger partial charge in [-0.3, -0.25) is 4.79 Å². The fourth-order valence-corrected chi connectivity index (χ4v) is 2.67. The van der Waals surface area contributed by atoms with Crippen molar-refractivity contribution in [1.29, 1.82) is 0 Å². The lowest BCUT2D eigenvalue weighted by molar-refractivity contribution is 0.0993. The van der Waals surface area contributed by atoms with Crippen LogP contribution in [0.4, 0.5) is 5.69 Å². The summed E-state index contributed by atoms with van der Waals surface area (Å²) in [7, 11) is 1.82. The summed E-state index contributed by atoms with van der Waals surface area (Å²) in [6.45, 7) is 2.03. The molecule has 0 unspecified atom stereocenters. The van der Waals surface area contributed by atoms with Crippen molar-refractivity contribution in [3.05, 3.63) is 90.0 Å². The number of aryl methyl sites for hydroxylation is 1. The molecule has 0 bridgehead atoms. The van der Waals surface area contributed by atoms with E-state index in [0.29, 0.717) is 5.56 Å². The molecule has 0 radical (unpaired) electrons. The van der Waals surface area contributed by atoms with Gasteiger partial charge in [0.1, 0.15) is 0 Å². The molecule has 0 atom stereocenters. The van der Waals surface area contributed by atoms with Gasteiger partial charge in [0, 0.05) is 18.3 Å². The molecule has 0 aromatic heterocycles. The zero-order chi connectivity index (χ0) is 16.2. The lowest BCUT2D eigenvalue weighted by atomic mass is 9.99. The van der Waals surface area contributed by atoms with Gasteiger partial charge >= 0.3 is 0 Å². The molecule has 0 fully saturated rings. The van der Waals surface area contributed by atoms with Gasteiger partial charge in [-0.25, -0.2) is 0 Å². The third kappa shape index (κ3) is 3.16. The number of carbonyl (C=O) groups excluding carboxylic acids is 1. The molecule has 0 aliphatic carbocycles. The van der Waals surface area contributed by atoms with Crippen molar-refractivity contribution >= 4 is 11.6 Å². The number of amides is 1. The minimum atomic E-state index is -0.00458. The standard InChI is InChI=1S/C21H19NO/c1-16-9-8-12-18(15-16)22(2)21(23)20-14-7-6-13-19(20)17-10-4-3-5-11-17/h3-15H,1-2H3. The van der Waals surface area contributed by atoms with Gasteiger partial charge in [0.25, 0.3) is 5.91 Å². The Morgan fingerprint density at radius 2 is 1.52 bits per heavy atom. The number of hydrogen-bond acceptors (Lipinski definition) is 1. The number of anilines is 1. The van der Waals surface area contributed by atoms with Crippen LogP contribution in [-0.2, 0) is 0 Å². The Balaban J connectivity index is 2.00. The van der Waals surface area contributed by atoms with Crippen LogP contribution in [0.5, 0.6) is 0 Å². The third-order valence-corrected chi connectivity index (χ3v) is 3.94. The highest BCUT2D eigenvalue weighted by molar-refractivity contribution is 6.09. The predicted molar refractivity (Wildman–Crippen MR) is 95.8 cm³/mol. The summed E-state index contributed by atoms with van der Waals surface area (Å²) in [6, 6.07) is 25.7.